The Morgan fingerprint density at radius 2 is 2.07 bits per heavy atom. The first-order chi connectivity index (χ1) is 13.9. The van der Waals surface area contributed by atoms with Gasteiger partial charge in [-0.3, -0.25) is 9.69 Å². The van der Waals surface area contributed by atoms with E-state index >= 15 is 0 Å². The van der Waals surface area contributed by atoms with E-state index in [0.717, 1.165) is 38.5 Å². The lowest BCUT2D eigenvalue weighted by Gasteiger charge is -2.47. The van der Waals surface area contributed by atoms with Gasteiger partial charge in [-0.1, -0.05) is 0 Å². The molecule has 0 radical (unpaired) electrons. The molecule has 0 aliphatic carbocycles. The van der Waals surface area contributed by atoms with E-state index in [-0.39, 0.29) is 16.7 Å². The lowest BCUT2D eigenvalue weighted by molar-refractivity contribution is -0.0792. The average molecular weight is 399 g/mol. The highest BCUT2D eigenvalue weighted by Crippen LogP contribution is 2.23. The van der Waals surface area contributed by atoms with Crippen molar-refractivity contribution in [1.82, 2.24) is 14.5 Å². The van der Waals surface area contributed by atoms with Gasteiger partial charge in [-0.25, -0.2) is 4.98 Å². The maximum absolute atomic E-state index is 12.3. The number of hydrogen-bond donors (Lipinski definition) is 3. The second-order valence-corrected chi connectivity index (χ2v) is 7.73. The molecule has 2 aliphatic heterocycles. The van der Waals surface area contributed by atoms with Crippen molar-refractivity contribution in [2.75, 3.05) is 43.1 Å². The molecule has 154 valence electrons. The van der Waals surface area contributed by atoms with E-state index in [9.17, 15) is 14.8 Å². The van der Waals surface area contributed by atoms with Crippen LogP contribution in [0.2, 0.25) is 0 Å². The van der Waals surface area contributed by atoms with Crippen molar-refractivity contribution in [1.29, 1.82) is 0 Å². The molecule has 2 aliphatic rings. The van der Waals surface area contributed by atoms with Gasteiger partial charge in [-0.2, -0.15) is 0 Å². The van der Waals surface area contributed by atoms with Crippen LogP contribution in [0.15, 0.2) is 35.4 Å². The molecule has 9 nitrogen and oxygen atoms in total. The van der Waals surface area contributed by atoms with Crippen molar-refractivity contribution >= 4 is 29.8 Å². The van der Waals surface area contributed by atoms with E-state index in [1.165, 1.54) is 16.8 Å². The number of aryl methyl sites for hydroxylation is 1. The molecule has 2 aromatic heterocycles. The quantitative estimate of drug-likeness (QED) is 0.557. The van der Waals surface area contributed by atoms with Gasteiger partial charge < -0.3 is 29.6 Å². The molecule has 0 saturated carbocycles. The summed E-state index contributed by atoms with van der Waals surface area (Å²) < 4.78 is 6.63. The Morgan fingerprint density at radius 3 is 2.66 bits per heavy atom. The third kappa shape index (κ3) is 4.15. The van der Waals surface area contributed by atoms with E-state index in [4.69, 9.17) is 4.74 Å². The molecule has 0 spiro atoms. The van der Waals surface area contributed by atoms with Crippen molar-refractivity contribution in [3.63, 3.8) is 0 Å². The Balaban J connectivity index is 1.44. The molecule has 2 fully saturated rings. The van der Waals surface area contributed by atoms with Crippen LogP contribution in [0, 0.1) is 0 Å². The number of rotatable bonds is 5. The summed E-state index contributed by atoms with van der Waals surface area (Å²) in [6, 6.07) is 6.24. The molecule has 4 heterocycles. The van der Waals surface area contributed by atoms with Gasteiger partial charge in [-0.15, -0.1) is 0 Å². The number of nitrogens with zero attached hydrogens (tertiary/aromatic N) is 4. The van der Waals surface area contributed by atoms with Gasteiger partial charge in [0.1, 0.15) is 11.5 Å². The van der Waals surface area contributed by atoms with Gasteiger partial charge >= 0.3 is 7.12 Å². The third-order valence-electron chi connectivity index (χ3n) is 5.65. The van der Waals surface area contributed by atoms with Crippen LogP contribution in [0.25, 0.3) is 0 Å². The normalized spacial score (nSPS) is 20.4. The van der Waals surface area contributed by atoms with Gasteiger partial charge in [0.05, 0.1) is 31.1 Å². The van der Waals surface area contributed by atoms with E-state index in [2.05, 4.69) is 27.0 Å². The molecular weight excluding hydrogens is 373 g/mol. The zero-order chi connectivity index (χ0) is 20.5. The Bertz CT molecular complexity index is 916. The van der Waals surface area contributed by atoms with E-state index < -0.39 is 7.12 Å². The number of aromatic nitrogens is 2. The largest absolute Gasteiger partial charge is 0.490 e. The number of ether oxygens (including phenoxy) is 1. The second-order valence-electron chi connectivity index (χ2n) is 7.73. The minimum absolute atomic E-state index is 0.231. The van der Waals surface area contributed by atoms with Crippen LogP contribution < -0.4 is 21.2 Å². The third-order valence-corrected chi connectivity index (χ3v) is 5.65. The fourth-order valence-electron chi connectivity index (χ4n) is 3.92. The minimum atomic E-state index is -1.65. The molecule has 1 atom stereocenters. The van der Waals surface area contributed by atoms with Crippen LogP contribution in [0.5, 0.6) is 0 Å². The van der Waals surface area contributed by atoms with Crippen molar-refractivity contribution in [2.24, 2.45) is 7.05 Å². The summed E-state index contributed by atoms with van der Waals surface area (Å²) >= 11 is 0. The summed E-state index contributed by atoms with van der Waals surface area (Å²) in [7, 11) is -0.0863. The van der Waals surface area contributed by atoms with Crippen LogP contribution in [-0.4, -0.2) is 76.5 Å². The zero-order valence-electron chi connectivity index (χ0n) is 16.7. The topological polar surface area (TPSA) is 103 Å². The van der Waals surface area contributed by atoms with Gasteiger partial charge in [0.2, 0.25) is 0 Å². The highest BCUT2D eigenvalue weighted by Gasteiger charge is 2.33. The smallest absolute Gasteiger partial charge is 0.423 e. The van der Waals surface area contributed by atoms with Gasteiger partial charge in [0.15, 0.2) is 0 Å². The Hall–Kier alpha value is -2.40. The summed E-state index contributed by atoms with van der Waals surface area (Å²) in [6.45, 7) is 6.78. The van der Waals surface area contributed by atoms with Gasteiger partial charge in [-0.05, 0) is 25.1 Å². The lowest BCUT2D eigenvalue weighted by Crippen LogP contribution is -2.60. The summed E-state index contributed by atoms with van der Waals surface area (Å²) in [5.41, 5.74) is 1.24. The SMILES string of the molecule is C[C@@H]1CN(c2ccc(Nc3cc(B(O)O)cn(C)c3=O)nc2)CCN1C1COC1. The molecule has 0 bridgehead atoms. The fourth-order valence-corrected chi connectivity index (χ4v) is 3.92. The summed E-state index contributed by atoms with van der Waals surface area (Å²) in [4.78, 5) is 21.6. The first-order valence-electron chi connectivity index (χ1n) is 9.80. The highest BCUT2D eigenvalue weighted by atomic mass is 16.5. The summed E-state index contributed by atoms with van der Waals surface area (Å²) in [5.74, 6) is 0.522. The van der Waals surface area contributed by atoms with Crippen molar-refractivity contribution in [3.05, 3.63) is 40.9 Å². The number of pyridine rings is 2. The van der Waals surface area contributed by atoms with Crippen molar-refractivity contribution in [3.8, 4) is 0 Å². The zero-order valence-corrected chi connectivity index (χ0v) is 16.7. The van der Waals surface area contributed by atoms with Gasteiger partial charge in [0.25, 0.3) is 5.56 Å². The van der Waals surface area contributed by atoms with E-state index in [1.807, 2.05) is 12.1 Å². The summed E-state index contributed by atoms with van der Waals surface area (Å²) in [5, 5.41) is 21.7. The standard InChI is InChI=1S/C19H26BN5O4/c1-13-9-24(5-6-25(13)16-11-29-12-16)15-3-4-18(21-8-15)22-17-7-14(20(27)28)10-23(2)19(17)26/h3-4,7-8,10,13,16,27-28H,5-6,9,11-12H2,1-2H3,(H,21,22)/t13-/m1/s1. The minimum Gasteiger partial charge on any atom is -0.423 e. The Labute approximate surface area is 169 Å². The van der Waals surface area contributed by atoms with Crippen molar-refractivity contribution < 1.29 is 14.8 Å². The maximum Gasteiger partial charge on any atom is 0.490 e. The number of anilines is 3. The summed E-state index contributed by atoms with van der Waals surface area (Å²) in [6.07, 6.45) is 3.19. The molecule has 2 aromatic rings. The molecule has 4 rings (SSSR count). The van der Waals surface area contributed by atoms with Crippen LogP contribution in [0.1, 0.15) is 6.92 Å². The molecule has 29 heavy (non-hydrogen) atoms. The van der Waals surface area contributed by atoms with Gasteiger partial charge in [0, 0.05) is 44.4 Å². The van der Waals surface area contributed by atoms with Crippen LogP contribution in [-0.2, 0) is 11.8 Å². The van der Waals surface area contributed by atoms with Crippen LogP contribution in [0.4, 0.5) is 17.2 Å². The van der Waals surface area contributed by atoms with E-state index in [1.54, 1.807) is 13.2 Å². The number of piperazine rings is 1. The molecule has 0 unspecified atom stereocenters. The van der Waals surface area contributed by atoms with E-state index in [0.29, 0.717) is 17.9 Å². The monoisotopic (exact) mass is 399 g/mol. The van der Waals surface area contributed by atoms with Crippen LogP contribution >= 0.6 is 0 Å². The molecule has 2 saturated heterocycles. The first kappa shape index (κ1) is 19.9. The molecule has 0 aromatic carbocycles. The predicted octanol–water partition coefficient (Wildman–Crippen LogP) is -0.887. The molecular formula is C19H26BN5O4. The second kappa shape index (κ2) is 8.15. The Kier molecular flexibility index (Phi) is 5.59. The van der Waals surface area contributed by atoms with Crippen molar-refractivity contribution in [2.45, 2.75) is 19.0 Å². The average Bonchev–Trinajstić information content (AvgIpc) is 2.66. The number of nitrogens with one attached hydrogen (secondary N) is 1. The first-order valence-corrected chi connectivity index (χ1v) is 9.80. The molecule has 10 heteroatoms. The molecule has 0 amide bonds. The maximum atomic E-state index is 12.3. The fraction of sp³-hybridized carbons (Fsp3) is 0.474. The lowest BCUT2D eigenvalue weighted by atomic mass is 9.81. The highest BCUT2D eigenvalue weighted by molar-refractivity contribution is 6.58. The molecule has 3 N–H and O–H groups in total. The number of hydrogen-bond acceptors (Lipinski definition) is 8. The Morgan fingerprint density at radius 1 is 1.28 bits per heavy atom. The van der Waals surface area contributed by atoms with Crippen LogP contribution in [0.3, 0.4) is 0 Å². The predicted molar refractivity (Wildman–Crippen MR) is 112 cm³/mol.